The minimum absolute atomic E-state index is 0.436. The van der Waals surface area contributed by atoms with Crippen molar-refractivity contribution in [1.29, 1.82) is 0 Å². The number of para-hydroxylation sites is 1. The van der Waals surface area contributed by atoms with E-state index in [1.165, 1.54) is 4.90 Å². The monoisotopic (exact) mass is 290 g/mol. The lowest BCUT2D eigenvalue weighted by Crippen LogP contribution is -2.53. The maximum atomic E-state index is 12.3. The average Bonchev–Trinajstić information content (AvgIpc) is 2.54. The van der Waals surface area contributed by atoms with Crippen LogP contribution in [0.4, 0.5) is 5.69 Å². The number of hydrogen-bond acceptors (Lipinski definition) is 4. The molecule has 0 aliphatic carbocycles. The molecule has 1 aromatic rings. The van der Waals surface area contributed by atoms with Crippen molar-refractivity contribution in [3.8, 4) is 0 Å². The zero-order valence-corrected chi connectivity index (χ0v) is 12.4. The lowest BCUT2D eigenvalue weighted by molar-refractivity contribution is -0.145. The summed E-state index contributed by atoms with van der Waals surface area (Å²) < 4.78 is 0. The number of rotatable bonds is 3. The van der Waals surface area contributed by atoms with Gasteiger partial charge in [-0.25, -0.2) is 0 Å². The van der Waals surface area contributed by atoms with Crippen LogP contribution in [-0.2, 0) is 9.59 Å². The summed E-state index contributed by atoms with van der Waals surface area (Å²) in [6, 6.07) is 9.18. The van der Waals surface area contributed by atoms with Crippen LogP contribution in [0.3, 0.4) is 0 Å². The molecule has 0 bridgehead atoms. The molecule has 0 radical (unpaired) electrons. The fraction of sp³-hybridized carbons (Fsp3) is 0.467. The highest BCUT2D eigenvalue weighted by Crippen LogP contribution is 2.12. The first kappa shape index (κ1) is 15.5. The van der Waals surface area contributed by atoms with Crippen molar-refractivity contribution in [3.63, 3.8) is 0 Å². The van der Waals surface area contributed by atoms with Gasteiger partial charge in [0.15, 0.2) is 0 Å². The number of likely N-dealkylation sites (N-methyl/N-ethyl adjacent to an activating group) is 1. The Morgan fingerprint density at radius 1 is 1.14 bits per heavy atom. The van der Waals surface area contributed by atoms with E-state index < -0.39 is 11.8 Å². The summed E-state index contributed by atoms with van der Waals surface area (Å²) in [4.78, 5) is 29.7. The molecule has 6 nitrogen and oxygen atoms in total. The van der Waals surface area contributed by atoms with Gasteiger partial charge < -0.3 is 15.5 Å². The van der Waals surface area contributed by atoms with Crippen LogP contribution in [0.5, 0.6) is 0 Å². The third kappa shape index (κ3) is 3.80. The van der Waals surface area contributed by atoms with Crippen LogP contribution in [-0.4, -0.2) is 67.9 Å². The third-order valence-corrected chi connectivity index (χ3v) is 3.74. The normalized spacial score (nSPS) is 15.8. The molecule has 2 N–H and O–H groups in total. The minimum Gasteiger partial charge on any atom is -0.332 e. The van der Waals surface area contributed by atoms with Crippen molar-refractivity contribution in [3.05, 3.63) is 30.3 Å². The van der Waals surface area contributed by atoms with Crippen molar-refractivity contribution in [2.24, 2.45) is 5.73 Å². The van der Waals surface area contributed by atoms with Gasteiger partial charge in [0.1, 0.15) is 0 Å². The first-order chi connectivity index (χ1) is 10.1. The van der Waals surface area contributed by atoms with Gasteiger partial charge in [0, 0.05) is 52.0 Å². The van der Waals surface area contributed by atoms with E-state index in [0.717, 1.165) is 25.3 Å². The Hall–Kier alpha value is -1.92. The van der Waals surface area contributed by atoms with Crippen molar-refractivity contribution in [2.75, 3.05) is 51.2 Å². The number of benzene rings is 1. The first-order valence-corrected chi connectivity index (χ1v) is 7.18. The molecule has 0 unspecified atom stereocenters. The molecule has 1 aliphatic rings. The molecule has 21 heavy (non-hydrogen) atoms. The summed E-state index contributed by atoms with van der Waals surface area (Å²) in [7, 11) is 1.63. The molecule has 0 spiro atoms. The number of amides is 2. The van der Waals surface area contributed by atoms with E-state index in [-0.39, 0.29) is 0 Å². The highest BCUT2D eigenvalue weighted by atomic mass is 16.2. The molecule has 2 rings (SSSR count). The second kappa shape index (κ2) is 7.19. The van der Waals surface area contributed by atoms with Crippen LogP contribution in [0.2, 0.25) is 0 Å². The van der Waals surface area contributed by atoms with Crippen LogP contribution >= 0.6 is 0 Å². The van der Waals surface area contributed by atoms with Crippen LogP contribution in [0.25, 0.3) is 0 Å². The molecular weight excluding hydrogens is 268 g/mol. The van der Waals surface area contributed by atoms with Gasteiger partial charge in [0.2, 0.25) is 0 Å². The standard InChI is InChI=1S/C15H22N4O2/c1-17(13-5-3-2-4-6-13)14(20)15(21)19-11-9-18(8-7-16)10-12-19/h2-6H,7-12,16H2,1H3. The number of nitrogens with zero attached hydrogens (tertiary/aromatic N) is 3. The van der Waals surface area contributed by atoms with Crippen LogP contribution in [0.1, 0.15) is 0 Å². The van der Waals surface area contributed by atoms with Gasteiger partial charge >= 0.3 is 11.8 Å². The Labute approximate surface area is 125 Å². The molecule has 1 fully saturated rings. The molecular formula is C15H22N4O2. The van der Waals surface area contributed by atoms with Crippen molar-refractivity contribution < 1.29 is 9.59 Å². The van der Waals surface area contributed by atoms with Crippen molar-refractivity contribution in [1.82, 2.24) is 9.80 Å². The smallest absolute Gasteiger partial charge is 0.316 e. The molecule has 0 saturated carbocycles. The maximum absolute atomic E-state index is 12.3. The second-order valence-electron chi connectivity index (χ2n) is 5.12. The number of carbonyl (C=O) groups is 2. The van der Waals surface area contributed by atoms with E-state index in [2.05, 4.69) is 4.90 Å². The Kier molecular flexibility index (Phi) is 5.30. The minimum atomic E-state index is -0.492. The topological polar surface area (TPSA) is 69.9 Å². The van der Waals surface area contributed by atoms with E-state index >= 15 is 0 Å². The highest BCUT2D eigenvalue weighted by Gasteiger charge is 2.28. The largest absolute Gasteiger partial charge is 0.332 e. The summed E-state index contributed by atoms with van der Waals surface area (Å²) in [5, 5.41) is 0. The predicted molar refractivity (Wildman–Crippen MR) is 81.9 cm³/mol. The number of carbonyl (C=O) groups excluding carboxylic acids is 2. The molecule has 2 amide bonds. The number of anilines is 1. The molecule has 1 aromatic carbocycles. The second-order valence-corrected chi connectivity index (χ2v) is 5.12. The van der Waals surface area contributed by atoms with E-state index in [1.54, 1.807) is 11.9 Å². The van der Waals surface area contributed by atoms with E-state index in [0.29, 0.717) is 19.6 Å². The van der Waals surface area contributed by atoms with Crippen LogP contribution < -0.4 is 10.6 Å². The van der Waals surface area contributed by atoms with E-state index in [4.69, 9.17) is 5.73 Å². The van der Waals surface area contributed by atoms with Crippen molar-refractivity contribution in [2.45, 2.75) is 0 Å². The number of hydrogen-bond donors (Lipinski definition) is 1. The number of piperazine rings is 1. The third-order valence-electron chi connectivity index (χ3n) is 3.74. The average molecular weight is 290 g/mol. The summed E-state index contributed by atoms with van der Waals surface area (Å²) in [5.74, 6) is -0.928. The highest BCUT2D eigenvalue weighted by molar-refractivity contribution is 6.40. The molecule has 0 atom stereocenters. The van der Waals surface area contributed by atoms with Gasteiger partial charge in [-0.2, -0.15) is 0 Å². The zero-order chi connectivity index (χ0) is 15.2. The molecule has 1 heterocycles. The lowest BCUT2D eigenvalue weighted by Gasteiger charge is -2.34. The summed E-state index contributed by atoms with van der Waals surface area (Å²) in [6.45, 7) is 4.14. The molecule has 0 aromatic heterocycles. The SMILES string of the molecule is CN(C(=O)C(=O)N1CCN(CCN)CC1)c1ccccc1. The van der Waals surface area contributed by atoms with Gasteiger partial charge in [-0.05, 0) is 12.1 Å². The first-order valence-electron chi connectivity index (χ1n) is 7.18. The maximum Gasteiger partial charge on any atom is 0.316 e. The Bertz CT molecular complexity index is 484. The van der Waals surface area contributed by atoms with Gasteiger partial charge in [-0.15, -0.1) is 0 Å². The lowest BCUT2D eigenvalue weighted by atomic mass is 10.2. The number of nitrogens with two attached hydrogens (primary N) is 1. The summed E-state index contributed by atoms with van der Waals surface area (Å²) >= 11 is 0. The Morgan fingerprint density at radius 3 is 2.33 bits per heavy atom. The van der Waals surface area contributed by atoms with Crippen molar-refractivity contribution >= 4 is 17.5 Å². The quantitative estimate of drug-likeness (QED) is 0.780. The van der Waals surface area contributed by atoms with Gasteiger partial charge in [0.05, 0.1) is 0 Å². The Morgan fingerprint density at radius 2 is 1.76 bits per heavy atom. The predicted octanol–water partition coefficient (Wildman–Crippen LogP) is -0.248. The van der Waals surface area contributed by atoms with Gasteiger partial charge in [-0.1, -0.05) is 18.2 Å². The summed E-state index contributed by atoms with van der Waals surface area (Å²) in [6.07, 6.45) is 0. The van der Waals surface area contributed by atoms with Crippen LogP contribution in [0, 0.1) is 0 Å². The van der Waals surface area contributed by atoms with Crippen LogP contribution in [0.15, 0.2) is 30.3 Å². The Balaban J connectivity index is 1.93. The van der Waals surface area contributed by atoms with Gasteiger partial charge in [-0.3, -0.25) is 14.5 Å². The molecule has 1 saturated heterocycles. The fourth-order valence-electron chi connectivity index (χ4n) is 2.40. The van der Waals surface area contributed by atoms with Gasteiger partial charge in [0.25, 0.3) is 0 Å². The van der Waals surface area contributed by atoms with E-state index in [1.807, 2.05) is 30.3 Å². The zero-order valence-electron chi connectivity index (χ0n) is 12.4. The summed E-state index contributed by atoms with van der Waals surface area (Å²) in [5.41, 5.74) is 6.24. The fourth-order valence-corrected chi connectivity index (χ4v) is 2.40. The molecule has 114 valence electrons. The molecule has 6 heteroatoms. The molecule has 1 aliphatic heterocycles. The van der Waals surface area contributed by atoms with E-state index in [9.17, 15) is 9.59 Å².